The minimum Gasteiger partial charge on any atom is -0.461 e. The van der Waals surface area contributed by atoms with E-state index in [1.807, 2.05) is 32.9 Å². The van der Waals surface area contributed by atoms with Gasteiger partial charge in [-0.15, -0.1) is 0 Å². The number of aryl methyl sites for hydroxylation is 2. The molecule has 116 valence electrons. The van der Waals surface area contributed by atoms with Crippen LogP contribution in [-0.2, 0) is 20.9 Å². The van der Waals surface area contributed by atoms with E-state index in [9.17, 15) is 9.59 Å². The molecule has 0 spiro atoms. The fraction of sp³-hybridized carbons (Fsp3) is 0.500. The highest BCUT2D eigenvalue weighted by molar-refractivity contribution is 5.78. The molecule has 1 aromatic rings. The Morgan fingerprint density at radius 2 is 1.81 bits per heavy atom. The Labute approximate surface area is 125 Å². The number of rotatable bonds is 6. The van der Waals surface area contributed by atoms with Crippen LogP contribution in [0.1, 0.15) is 37.5 Å². The number of hydrogen-bond donors (Lipinski definition) is 1. The highest BCUT2D eigenvalue weighted by Crippen LogP contribution is 2.25. The highest BCUT2D eigenvalue weighted by Gasteiger charge is 2.17. The van der Waals surface area contributed by atoms with Crippen LogP contribution >= 0.6 is 0 Å². The van der Waals surface area contributed by atoms with Gasteiger partial charge in [0.25, 0.3) is 0 Å². The number of nitrogens with one attached hydrogen (secondary N) is 1. The van der Waals surface area contributed by atoms with Crippen molar-refractivity contribution in [2.24, 2.45) is 0 Å². The topological polar surface area (TPSA) is 64.6 Å². The van der Waals surface area contributed by atoms with Crippen molar-refractivity contribution in [3.05, 3.63) is 28.8 Å². The Kier molecular flexibility index (Phi) is 6.37. The van der Waals surface area contributed by atoms with Gasteiger partial charge < -0.3 is 14.8 Å². The number of likely N-dealkylation sites (N-methyl/N-ethyl adjacent to an activating group) is 1. The second kappa shape index (κ2) is 7.78. The molecule has 0 aliphatic rings. The summed E-state index contributed by atoms with van der Waals surface area (Å²) in [6, 6.07) is 3.36. The van der Waals surface area contributed by atoms with E-state index in [0.717, 1.165) is 16.7 Å². The van der Waals surface area contributed by atoms with Crippen LogP contribution < -0.4 is 10.1 Å². The molecule has 1 atom stereocenters. The van der Waals surface area contributed by atoms with Gasteiger partial charge in [0.15, 0.2) is 0 Å². The standard InChI is InChI=1S/C16H23NO4/c1-6-17-12(4)16(19)21-15-10(2)7-14(8-11(15)3)9-20-13(5)18/h7-8,12,17H,6,9H2,1-5H3. The monoisotopic (exact) mass is 293 g/mol. The van der Waals surface area contributed by atoms with E-state index in [-0.39, 0.29) is 24.6 Å². The lowest BCUT2D eigenvalue weighted by Gasteiger charge is -2.16. The summed E-state index contributed by atoms with van der Waals surface area (Å²) in [5.41, 5.74) is 2.56. The fourth-order valence-electron chi connectivity index (χ4n) is 2.05. The van der Waals surface area contributed by atoms with Crippen LogP contribution in [0, 0.1) is 13.8 Å². The van der Waals surface area contributed by atoms with E-state index in [2.05, 4.69) is 5.32 Å². The maximum absolute atomic E-state index is 12.0. The number of hydrogen-bond acceptors (Lipinski definition) is 5. The summed E-state index contributed by atoms with van der Waals surface area (Å²) in [5, 5.41) is 3.02. The zero-order chi connectivity index (χ0) is 16.0. The Balaban J connectivity index is 2.84. The van der Waals surface area contributed by atoms with Crippen LogP contribution in [-0.4, -0.2) is 24.5 Å². The Morgan fingerprint density at radius 3 is 2.29 bits per heavy atom. The third-order valence-corrected chi connectivity index (χ3v) is 3.03. The van der Waals surface area contributed by atoms with Gasteiger partial charge in [-0.3, -0.25) is 4.79 Å². The average molecular weight is 293 g/mol. The first-order valence-electron chi connectivity index (χ1n) is 7.03. The molecule has 0 bridgehead atoms. The minimum atomic E-state index is -0.352. The van der Waals surface area contributed by atoms with Crippen molar-refractivity contribution < 1.29 is 19.1 Å². The molecule has 0 aliphatic carbocycles. The molecule has 0 radical (unpaired) electrons. The van der Waals surface area contributed by atoms with E-state index in [1.165, 1.54) is 6.92 Å². The smallest absolute Gasteiger partial charge is 0.328 e. The van der Waals surface area contributed by atoms with E-state index < -0.39 is 0 Å². The highest BCUT2D eigenvalue weighted by atomic mass is 16.5. The van der Waals surface area contributed by atoms with E-state index in [1.54, 1.807) is 6.92 Å². The predicted octanol–water partition coefficient (Wildman–Crippen LogP) is 2.27. The summed E-state index contributed by atoms with van der Waals surface area (Å²) in [6.07, 6.45) is 0. The van der Waals surface area contributed by atoms with Gasteiger partial charge in [-0.2, -0.15) is 0 Å². The molecule has 5 nitrogen and oxygen atoms in total. The third-order valence-electron chi connectivity index (χ3n) is 3.03. The number of carbonyl (C=O) groups excluding carboxylic acids is 2. The van der Waals surface area contributed by atoms with E-state index in [4.69, 9.17) is 9.47 Å². The Morgan fingerprint density at radius 1 is 1.24 bits per heavy atom. The van der Waals surface area contributed by atoms with Gasteiger partial charge in [-0.25, -0.2) is 4.79 Å². The maximum atomic E-state index is 12.0. The lowest BCUT2D eigenvalue weighted by molar-refractivity contribution is -0.142. The van der Waals surface area contributed by atoms with Crippen molar-refractivity contribution in [3.63, 3.8) is 0 Å². The zero-order valence-electron chi connectivity index (χ0n) is 13.3. The van der Waals surface area contributed by atoms with Gasteiger partial charge in [-0.05, 0) is 56.1 Å². The second-order valence-electron chi connectivity index (χ2n) is 5.04. The van der Waals surface area contributed by atoms with Crippen molar-refractivity contribution in [1.82, 2.24) is 5.32 Å². The molecule has 1 N–H and O–H groups in total. The van der Waals surface area contributed by atoms with E-state index in [0.29, 0.717) is 12.3 Å². The fourth-order valence-corrected chi connectivity index (χ4v) is 2.05. The SMILES string of the molecule is CCNC(C)C(=O)Oc1c(C)cc(COC(C)=O)cc1C. The first-order valence-corrected chi connectivity index (χ1v) is 7.03. The first kappa shape index (κ1) is 17.2. The molecule has 0 saturated carbocycles. The summed E-state index contributed by atoms with van der Waals surface area (Å²) in [6.45, 7) is 9.73. The zero-order valence-corrected chi connectivity index (χ0v) is 13.3. The molecule has 0 fully saturated rings. The van der Waals surface area contributed by atoms with Crippen molar-refractivity contribution >= 4 is 11.9 Å². The van der Waals surface area contributed by atoms with Crippen molar-refractivity contribution in [3.8, 4) is 5.75 Å². The molecule has 5 heteroatoms. The van der Waals surface area contributed by atoms with Gasteiger partial charge in [0.05, 0.1) is 0 Å². The van der Waals surface area contributed by atoms with Crippen molar-refractivity contribution in [2.75, 3.05) is 6.54 Å². The molecule has 1 rings (SSSR count). The molecular formula is C16H23NO4. The quantitative estimate of drug-likeness (QED) is 0.644. The molecule has 1 unspecified atom stereocenters. The van der Waals surface area contributed by atoms with Gasteiger partial charge in [-0.1, -0.05) is 6.92 Å². The first-order chi connectivity index (χ1) is 9.85. The molecule has 21 heavy (non-hydrogen) atoms. The molecule has 1 aromatic carbocycles. The molecular weight excluding hydrogens is 270 g/mol. The van der Waals surface area contributed by atoms with Crippen LogP contribution in [0.25, 0.3) is 0 Å². The maximum Gasteiger partial charge on any atom is 0.328 e. The summed E-state index contributed by atoms with van der Waals surface area (Å²) < 4.78 is 10.4. The third kappa shape index (κ3) is 5.19. The van der Waals surface area contributed by atoms with Crippen molar-refractivity contribution in [2.45, 2.75) is 47.3 Å². The lowest BCUT2D eigenvalue weighted by atomic mass is 10.1. The molecule has 0 aromatic heterocycles. The normalized spacial score (nSPS) is 11.9. The van der Waals surface area contributed by atoms with Crippen LogP contribution in [0.5, 0.6) is 5.75 Å². The van der Waals surface area contributed by atoms with Crippen LogP contribution in [0.15, 0.2) is 12.1 Å². The number of carbonyl (C=O) groups is 2. The van der Waals surface area contributed by atoms with Gasteiger partial charge in [0.2, 0.25) is 0 Å². The molecule has 0 heterocycles. The summed E-state index contributed by atoms with van der Waals surface area (Å²) in [4.78, 5) is 22.8. The number of esters is 2. The molecule has 0 aliphatic heterocycles. The minimum absolute atomic E-state index is 0.221. The van der Waals surface area contributed by atoms with Gasteiger partial charge in [0, 0.05) is 6.92 Å². The predicted molar refractivity (Wildman–Crippen MR) is 80.2 cm³/mol. The van der Waals surface area contributed by atoms with Crippen molar-refractivity contribution in [1.29, 1.82) is 0 Å². The summed E-state index contributed by atoms with van der Waals surface area (Å²) in [5.74, 6) is -0.0626. The van der Waals surface area contributed by atoms with Crippen LogP contribution in [0.3, 0.4) is 0 Å². The van der Waals surface area contributed by atoms with Gasteiger partial charge in [0.1, 0.15) is 18.4 Å². The Hall–Kier alpha value is -1.88. The van der Waals surface area contributed by atoms with Gasteiger partial charge >= 0.3 is 11.9 Å². The second-order valence-corrected chi connectivity index (χ2v) is 5.04. The summed E-state index contributed by atoms with van der Waals surface area (Å²) >= 11 is 0. The lowest BCUT2D eigenvalue weighted by Crippen LogP contribution is -2.36. The average Bonchev–Trinajstić information content (AvgIpc) is 2.40. The number of benzene rings is 1. The van der Waals surface area contributed by atoms with Crippen LogP contribution in [0.2, 0.25) is 0 Å². The van der Waals surface area contributed by atoms with Crippen LogP contribution in [0.4, 0.5) is 0 Å². The largest absolute Gasteiger partial charge is 0.461 e. The number of ether oxygens (including phenoxy) is 2. The molecule has 0 saturated heterocycles. The molecule has 0 amide bonds. The summed E-state index contributed by atoms with van der Waals surface area (Å²) in [7, 11) is 0. The van der Waals surface area contributed by atoms with E-state index >= 15 is 0 Å². The Bertz CT molecular complexity index is 502.